The number of hydrogen-bond acceptors (Lipinski definition) is 19. The molecule has 6 heterocycles. The van der Waals surface area contributed by atoms with Gasteiger partial charge >= 0.3 is 30.3 Å². The number of carboxylic acid groups (broad SMARTS) is 1. The summed E-state index contributed by atoms with van der Waals surface area (Å²) in [6, 6.07) is 5.32. The first-order valence-electron chi connectivity index (χ1n) is 39.0. The Bertz CT molecular complexity index is 4160. The molecule has 9 amide bonds. The van der Waals surface area contributed by atoms with E-state index in [4.69, 9.17) is 24.1 Å². The third-order valence-corrected chi connectivity index (χ3v) is 26.8. The first-order chi connectivity index (χ1) is 52.2. The second-order valence-electron chi connectivity index (χ2n) is 33.7. The third kappa shape index (κ3) is 21.1. The van der Waals surface area contributed by atoms with Gasteiger partial charge in [-0.15, -0.1) is 0 Å². The fourth-order valence-electron chi connectivity index (χ4n) is 15.3. The number of hydrogen-bond donors (Lipinski definition) is 8. The number of amides is 9. The highest BCUT2D eigenvalue weighted by atomic mass is 32.2. The van der Waals surface area contributed by atoms with E-state index in [-0.39, 0.29) is 70.3 Å². The molecule has 4 aliphatic carbocycles. The largest absolute Gasteiger partial charge is 0.480 e. The maximum Gasteiger partial charge on any atom is 0.410 e. The molecule has 33 heteroatoms. The molecule has 10 aliphatic rings. The molecule has 2 aromatic rings. The minimum Gasteiger partial charge on any atom is -0.480 e. The van der Waals surface area contributed by atoms with Crippen LogP contribution in [0.15, 0.2) is 60.7 Å². The van der Waals surface area contributed by atoms with Crippen molar-refractivity contribution < 1.29 is 97.6 Å². The summed E-state index contributed by atoms with van der Waals surface area (Å²) < 4.78 is 107. The van der Waals surface area contributed by atoms with Gasteiger partial charge in [-0.2, -0.15) is 0 Å². The van der Waals surface area contributed by atoms with Gasteiger partial charge in [0.15, 0.2) is 0 Å². The highest BCUT2D eigenvalue weighted by molar-refractivity contribution is 7.92. The van der Waals surface area contributed by atoms with Crippen LogP contribution in [0.2, 0.25) is 0 Å². The van der Waals surface area contributed by atoms with E-state index >= 15 is 0 Å². The maximum absolute atomic E-state index is 14.5. The molecule has 111 heavy (non-hydrogen) atoms. The second kappa shape index (κ2) is 34.5. The van der Waals surface area contributed by atoms with E-state index < -0.39 is 166 Å². The van der Waals surface area contributed by atoms with E-state index in [9.17, 15) is 73.6 Å². The van der Waals surface area contributed by atoms with Gasteiger partial charge in [0.2, 0.25) is 37.8 Å². The van der Waals surface area contributed by atoms with Crippen LogP contribution in [0.3, 0.4) is 0 Å². The van der Waals surface area contributed by atoms with E-state index in [1.165, 1.54) is 33.8 Å². The summed E-state index contributed by atoms with van der Waals surface area (Å²) in [5.41, 5.74) is -2.12. The summed E-state index contributed by atoms with van der Waals surface area (Å²) in [7, 11) is -7.94. The van der Waals surface area contributed by atoms with E-state index in [1.54, 1.807) is 79.7 Å². The number of carboxylic acids is 1. The number of rotatable bonds is 11. The van der Waals surface area contributed by atoms with E-state index in [0.717, 1.165) is 82.6 Å². The van der Waals surface area contributed by atoms with Crippen LogP contribution in [-0.2, 0) is 93.9 Å². The molecular weight excluding hydrogens is 1480 g/mol. The van der Waals surface area contributed by atoms with Crippen LogP contribution < -0.4 is 36.0 Å². The molecule has 2 saturated heterocycles. The van der Waals surface area contributed by atoms with Crippen molar-refractivity contribution in [2.24, 2.45) is 17.8 Å². The first-order valence-corrected chi connectivity index (χ1v) is 42.0. The molecule has 29 nitrogen and oxygen atoms in total. The minimum atomic E-state index is -4.06. The fraction of sp³-hybridized carbons (Fsp3) is 0.667. The molecule has 6 fully saturated rings. The summed E-state index contributed by atoms with van der Waals surface area (Å²) in [5, 5.41) is 22.0. The van der Waals surface area contributed by atoms with Gasteiger partial charge in [-0.1, -0.05) is 114 Å². The number of allylic oxidation sites excluding steroid dienone is 2. The Kier molecular flexibility index (Phi) is 26.4. The van der Waals surface area contributed by atoms with Crippen molar-refractivity contribution in [2.75, 3.05) is 13.1 Å². The first kappa shape index (κ1) is 85.0. The second-order valence-corrected chi connectivity index (χ2v) is 37.9. The lowest BCUT2D eigenvalue weighted by atomic mass is 10.0. The SMILES string of the molecule is CC(C)[C@H](NC(=O)OC(C)(C)C)C(=O)N1C[C@H](OC(=O)N2Cc3cccc(F)c3C2)C[C@H]1C(=O)N[C@]12C[C@H]1/C=C/CCCCCCCC1(CC1)S(=O)(=O)NC2=O.C[C@H](NC(=O)OC(C)(C)C)C(=O)O.O=C(N[C@]12C[C@H]1/C=C/CCCCCCCC1(CC1)S(=O)(=O)NC2=O)[C@@H]1C[C@@H](OC(=O)N2Cc3cccc(F)c3C2)CN1. The van der Waals surface area contributed by atoms with Crippen molar-refractivity contribution in [1.82, 2.24) is 50.7 Å². The molecule has 6 aliphatic heterocycles. The van der Waals surface area contributed by atoms with Gasteiger partial charge in [0.05, 0.1) is 35.2 Å². The Balaban J connectivity index is 0.000000209. The molecule has 10 atom stereocenters. The van der Waals surface area contributed by atoms with Crippen LogP contribution >= 0.6 is 0 Å². The number of ether oxygens (including phenoxy) is 4. The van der Waals surface area contributed by atoms with Crippen LogP contribution in [0.1, 0.15) is 226 Å². The third-order valence-electron chi connectivity index (χ3n) is 22.4. The van der Waals surface area contributed by atoms with E-state index in [2.05, 4.69) is 36.0 Å². The fourth-order valence-corrected chi connectivity index (χ4v) is 18.7. The van der Waals surface area contributed by atoms with Crippen LogP contribution in [0.4, 0.5) is 28.0 Å². The molecule has 2 spiro atoms. The van der Waals surface area contributed by atoms with Crippen LogP contribution in [0.25, 0.3) is 0 Å². The molecule has 0 radical (unpaired) electrons. The average Bonchev–Trinajstić information content (AvgIpc) is 1.57. The molecule has 2 aromatic carbocycles. The molecule has 0 bridgehead atoms. The molecule has 12 rings (SSSR count). The number of sulfonamides is 2. The number of carbonyl (C=O) groups is 10. The number of aliphatic carboxylic acids is 1. The van der Waals surface area contributed by atoms with Crippen molar-refractivity contribution in [3.8, 4) is 0 Å². The molecular formula is C78H110F2N10O19S2. The Morgan fingerprint density at radius 1 is 0.577 bits per heavy atom. The minimum absolute atomic E-state index is 0.00785. The van der Waals surface area contributed by atoms with Gasteiger partial charge in [-0.05, 0) is 155 Å². The zero-order chi connectivity index (χ0) is 80.8. The van der Waals surface area contributed by atoms with Gasteiger partial charge in [0, 0.05) is 55.4 Å². The number of nitrogens with one attached hydrogen (secondary N) is 7. The quantitative estimate of drug-likeness (QED) is 0.0767. The highest BCUT2D eigenvalue weighted by Gasteiger charge is 2.65. The van der Waals surface area contributed by atoms with Crippen molar-refractivity contribution in [1.29, 1.82) is 0 Å². The lowest BCUT2D eigenvalue weighted by molar-refractivity contribution is -0.142. The zero-order valence-electron chi connectivity index (χ0n) is 65.0. The number of benzene rings is 2. The molecule has 0 unspecified atom stereocenters. The number of nitrogens with zero attached hydrogens (tertiary/aromatic N) is 3. The van der Waals surface area contributed by atoms with Crippen molar-refractivity contribution in [3.05, 3.63) is 94.6 Å². The molecule has 4 saturated carbocycles. The van der Waals surface area contributed by atoms with Gasteiger partial charge < -0.3 is 55.5 Å². The van der Waals surface area contributed by atoms with Crippen molar-refractivity contribution in [2.45, 2.75) is 298 Å². The summed E-state index contributed by atoms with van der Waals surface area (Å²) in [6.45, 7) is 15.5. The zero-order valence-corrected chi connectivity index (χ0v) is 66.6. The van der Waals surface area contributed by atoms with Crippen LogP contribution in [0.5, 0.6) is 0 Å². The lowest BCUT2D eigenvalue weighted by Crippen LogP contribution is -2.59. The Labute approximate surface area is 648 Å². The topological polar surface area (TPSA) is 390 Å². The van der Waals surface area contributed by atoms with Crippen molar-refractivity contribution >= 4 is 79.9 Å². The summed E-state index contributed by atoms with van der Waals surface area (Å²) in [5.74, 6) is -6.44. The number of alkyl carbamates (subject to hydrolysis) is 2. The van der Waals surface area contributed by atoms with Gasteiger partial charge in [-0.3, -0.25) is 48.0 Å². The van der Waals surface area contributed by atoms with E-state index in [1.807, 2.05) is 24.3 Å². The Morgan fingerprint density at radius 2 is 1.02 bits per heavy atom. The monoisotopic (exact) mass is 1590 g/mol. The summed E-state index contributed by atoms with van der Waals surface area (Å²) in [4.78, 5) is 134. The smallest absolute Gasteiger partial charge is 0.410 e. The standard InChI is InChI=1S/C40H56FN5O9S.C30H39FN4O6S.C8H15NO4/c1-25(2)32(42-36(50)55-38(3,4)5)34(48)46-23-28(54-37(51)45-22-26-14-13-16-30(41)29(26)24-45)20-31(46)33(47)43-40-21-27(40)15-11-9-7-6-8-10-12-17-39(18-19-39)56(52,53)44-35(40)49;31-24-11-8-9-20-18-35(19-23(20)24)28(38)41-22-15-25(32-17-22)26(36)33-30-16-21(30)10-6-4-2-1-3-5-7-12-29(13-14-29)42(39,40)34-27(30)37;1-5(6(10)11)9-7(12)13-8(2,3)4/h11,13-16,25,27-28,31-32H,6-10,12,17-24H2,1-5H3,(H,42,50)(H,43,47)(H,44,49);6,8-11,21-22,25,32H,1-5,7,12-19H2,(H,33,36)(H,34,37);5H,1-4H3,(H,9,12)(H,10,11)/b15-11+;10-6+;/t27-,28-,31+,32+,40-;21-,22-,25+,30-;5-/m110/s1. The number of carbonyl (C=O) groups excluding carboxylic acids is 9. The lowest BCUT2D eigenvalue weighted by Gasteiger charge is -2.31. The number of halogens is 2. The maximum atomic E-state index is 14.5. The predicted molar refractivity (Wildman–Crippen MR) is 402 cm³/mol. The average molecular weight is 1590 g/mol. The van der Waals surface area contributed by atoms with Gasteiger partial charge in [-0.25, -0.2) is 44.8 Å². The summed E-state index contributed by atoms with van der Waals surface area (Å²) >= 11 is 0. The highest BCUT2D eigenvalue weighted by Crippen LogP contribution is 2.52. The Morgan fingerprint density at radius 3 is 1.46 bits per heavy atom. The molecule has 612 valence electrons. The van der Waals surface area contributed by atoms with Gasteiger partial charge in [0.1, 0.15) is 64.2 Å². The van der Waals surface area contributed by atoms with Crippen molar-refractivity contribution in [3.63, 3.8) is 0 Å². The molecule has 0 aromatic heterocycles. The van der Waals surface area contributed by atoms with Crippen LogP contribution in [0, 0.1) is 29.4 Å². The molecule has 8 N–H and O–H groups in total. The number of fused-ring (bicyclic) bond motifs is 4. The van der Waals surface area contributed by atoms with E-state index in [0.29, 0.717) is 61.6 Å². The van der Waals surface area contributed by atoms with Gasteiger partial charge in [0.25, 0.3) is 11.8 Å². The number of likely N-dealkylation sites (tertiary alicyclic amines) is 1. The predicted octanol–water partition coefficient (Wildman–Crippen LogP) is 9.10. The Hall–Kier alpha value is -8.46. The normalized spacial score (nSPS) is 28.0. The summed E-state index contributed by atoms with van der Waals surface area (Å²) in [6.07, 6.45) is 18.1. The van der Waals surface area contributed by atoms with Crippen LogP contribution in [-0.4, -0.2) is 178 Å².